The standard InChI is InChI=1S/C12H20N2O3S.ClH/c1-9-7-12(10(2)17-9)18(15,16)14-6-4-11-3-5-13-8-11;/h7,11,13-14H,3-6,8H2,1-2H3;1H. The lowest BCUT2D eigenvalue weighted by molar-refractivity contribution is 0.494. The molecule has 2 N–H and O–H groups in total. The van der Waals surface area contributed by atoms with Crippen LogP contribution in [0.5, 0.6) is 0 Å². The van der Waals surface area contributed by atoms with Gasteiger partial charge in [-0.2, -0.15) is 0 Å². The number of furan rings is 1. The minimum atomic E-state index is -3.43. The van der Waals surface area contributed by atoms with Crippen LogP contribution in [0.25, 0.3) is 0 Å². The van der Waals surface area contributed by atoms with Crippen LogP contribution in [0, 0.1) is 19.8 Å². The molecule has 2 rings (SSSR count). The highest BCUT2D eigenvalue weighted by molar-refractivity contribution is 7.89. The van der Waals surface area contributed by atoms with E-state index < -0.39 is 10.0 Å². The van der Waals surface area contributed by atoms with Gasteiger partial charge in [0.05, 0.1) is 0 Å². The van der Waals surface area contributed by atoms with Crippen molar-refractivity contribution in [3.05, 3.63) is 17.6 Å². The van der Waals surface area contributed by atoms with E-state index in [-0.39, 0.29) is 17.3 Å². The van der Waals surface area contributed by atoms with Crippen molar-refractivity contribution < 1.29 is 12.8 Å². The van der Waals surface area contributed by atoms with E-state index in [0.717, 1.165) is 25.9 Å². The van der Waals surface area contributed by atoms with E-state index in [4.69, 9.17) is 4.42 Å². The highest BCUT2D eigenvalue weighted by Crippen LogP contribution is 2.19. The molecular weight excluding hydrogens is 288 g/mol. The zero-order valence-corrected chi connectivity index (χ0v) is 12.9. The molecule has 19 heavy (non-hydrogen) atoms. The molecule has 0 spiro atoms. The molecule has 0 aliphatic carbocycles. The van der Waals surface area contributed by atoms with Gasteiger partial charge in [0.2, 0.25) is 10.0 Å². The number of nitrogens with one attached hydrogen (secondary N) is 2. The Labute approximate surface area is 120 Å². The van der Waals surface area contributed by atoms with Gasteiger partial charge in [-0.1, -0.05) is 0 Å². The van der Waals surface area contributed by atoms with Crippen LogP contribution in [-0.4, -0.2) is 28.1 Å². The van der Waals surface area contributed by atoms with Gasteiger partial charge in [0.25, 0.3) is 0 Å². The van der Waals surface area contributed by atoms with Crippen LogP contribution >= 0.6 is 12.4 Å². The number of halogens is 1. The maximum atomic E-state index is 12.1. The summed E-state index contributed by atoms with van der Waals surface area (Å²) in [4.78, 5) is 0.254. The first-order valence-electron chi connectivity index (χ1n) is 6.26. The van der Waals surface area contributed by atoms with E-state index in [0.29, 0.717) is 24.0 Å². The van der Waals surface area contributed by atoms with Gasteiger partial charge in [-0.15, -0.1) is 12.4 Å². The van der Waals surface area contributed by atoms with Gasteiger partial charge in [-0.25, -0.2) is 13.1 Å². The van der Waals surface area contributed by atoms with E-state index in [9.17, 15) is 8.42 Å². The molecule has 0 radical (unpaired) electrons. The third-order valence-electron chi connectivity index (χ3n) is 3.29. The molecule has 1 aromatic rings. The van der Waals surface area contributed by atoms with E-state index in [2.05, 4.69) is 10.0 Å². The first kappa shape index (κ1) is 16.5. The second-order valence-electron chi connectivity index (χ2n) is 4.82. The minimum absolute atomic E-state index is 0. The molecule has 7 heteroatoms. The first-order chi connectivity index (χ1) is 8.49. The molecule has 0 amide bonds. The summed E-state index contributed by atoms with van der Waals surface area (Å²) in [7, 11) is -3.43. The van der Waals surface area contributed by atoms with Gasteiger partial charge in [0, 0.05) is 6.54 Å². The van der Waals surface area contributed by atoms with Gasteiger partial charge in [0.1, 0.15) is 16.4 Å². The van der Waals surface area contributed by atoms with Gasteiger partial charge in [-0.3, -0.25) is 0 Å². The lowest BCUT2D eigenvalue weighted by Crippen LogP contribution is -2.26. The normalized spacial score (nSPS) is 19.4. The summed E-state index contributed by atoms with van der Waals surface area (Å²) in [6.07, 6.45) is 2.01. The molecule has 2 heterocycles. The smallest absolute Gasteiger partial charge is 0.244 e. The van der Waals surface area contributed by atoms with Crippen LogP contribution in [0.1, 0.15) is 24.4 Å². The van der Waals surface area contributed by atoms with Crippen molar-refractivity contribution in [2.24, 2.45) is 5.92 Å². The molecule has 0 bridgehead atoms. The summed E-state index contributed by atoms with van der Waals surface area (Å²) in [6.45, 7) is 5.93. The number of hydrogen-bond acceptors (Lipinski definition) is 4. The van der Waals surface area contributed by atoms with Gasteiger partial charge in [-0.05, 0) is 51.8 Å². The predicted molar refractivity (Wildman–Crippen MR) is 76.2 cm³/mol. The van der Waals surface area contributed by atoms with E-state index >= 15 is 0 Å². The Morgan fingerprint density at radius 1 is 1.47 bits per heavy atom. The number of hydrogen-bond donors (Lipinski definition) is 2. The fraction of sp³-hybridized carbons (Fsp3) is 0.667. The summed E-state index contributed by atoms with van der Waals surface area (Å²) >= 11 is 0. The summed E-state index contributed by atoms with van der Waals surface area (Å²) in [5.74, 6) is 1.65. The second kappa shape index (κ2) is 6.74. The topological polar surface area (TPSA) is 71.3 Å². The van der Waals surface area contributed by atoms with Crippen LogP contribution in [0.15, 0.2) is 15.4 Å². The first-order valence-corrected chi connectivity index (χ1v) is 7.75. The SMILES string of the molecule is Cc1cc(S(=O)(=O)NCCC2CCNC2)c(C)o1.Cl. The highest BCUT2D eigenvalue weighted by atomic mass is 35.5. The maximum absolute atomic E-state index is 12.1. The monoisotopic (exact) mass is 308 g/mol. The number of rotatable bonds is 5. The molecule has 5 nitrogen and oxygen atoms in total. The molecule has 0 aromatic carbocycles. The average molecular weight is 309 g/mol. The molecule has 1 fully saturated rings. The van der Waals surface area contributed by atoms with Crippen LogP contribution in [0.2, 0.25) is 0 Å². The van der Waals surface area contributed by atoms with Crippen molar-refractivity contribution in [2.75, 3.05) is 19.6 Å². The largest absolute Gasteiger partial charge is 0.465 e. The van der Waals surface area contributed by atoms with Crippen LogP contribution in [-0.2, 0) is 10.0 Å². The van der Waals surface area contributed by atoms with Crippen LogP contribution in [0.3, 0.4) is 0 Å². The van der Waals surface area contributed by atoms with Gasteiger partial charge < -0.3 is 9.73 Å². The van der Waals surface area contributed by atoms with Crippen LogP contribution < -0.4 is 10.0 Å². The average Bonchev–Trinajstić information content (AvgIpc) is 2.88. The van der Waals surface area contributed by atoms with Crippen molar-refractivity contribution in [1.29, 1.82) is 0 Å². The Morgan fingerprint density at radius 2 is 2.21 bits per heavy atom. The lowest BCUT2D eigenvalue weighted by Gasteiger charge is -2.09. The Kier molecular flexibility index (Phi) is 5.85. The zero-order chi connectivity index (χ0) is 13.2. The Hall–Kier alpha value is -0.560. The Morgan fingerprint density at radius 3 is 2.74 bits per heavy atom. The molecule has 110 valence electrons. The third-order valence-corrected chi connectivity index (χ3v) is 4.86. The second-order valence-corrected chi connectivity index (χ2v) is 6.56. The molecule has 1 saturated heterocycles. The van der Waals surface area contributed by atoms with Crippen molar-refractivity contribution in [3.63, 3.8) is 0 Å². The summed E-state index contributed by atoms with van der Waals surface area (Å²) in [5, 5.41) is 3.27. The van der Waals surface area contributed by atoms with E-state index in [1.54, 1.807) is 19.9 Å². The summed E-state index contributed by atoms with van der Waals surface area (Å²) in [6, 6.07) is 1.56. The molecule has 1 aromatic heterocycles. The predicted octanol–water partition coefficient (Wildman–Crippen LogP) is 1.60. The zero-order valence-electron chi connectivity index (χ0n) is 11.2. The van der Waals surface area contributed by atoms with Crippen molar-refractivity contribution in [1.82, 2.24) is 10.0 Å². The fourth-order valence-electron chi connectivity index (χ4n) is 2.31. The summed E-state index contributed by atoms with van der Waals surface area (Å²) < 4.78 is 32.0. The third kappa shape index (κ3) is 4.21. The molecule has 1 unspecified atom stereocenters. The van der Waals surface area contributed by atoms with Gasteiger partial charge in [0.15, 0.2) is 0 Å². The van der Waals surface area contributed by atoms with E-state index in [1.807, 2.05) is 0 Å². The van der Waals surface area contributed by atoms with Crippen molar-refractivity contribution in [2.45, 2.75) is 31.6 Å². The fourth-order valence-corrected chi connectivity index (χ4v) is 3.59. The number of aryl methyl sites for hydroxylation is 2. The maximum Gasteiger partial charge on any atom is 0.244 e. The minimum Gasteiger partial charge on any atom is -0.465 e. The van der Waals surface area contributed by atoms with Crippen molar-refractivity contribution in [3.8, 4) is 0 Å². The molecule has 1 aliphatic rings. The molecule has 1 atom stereocenters. The van der Waals surface area contributed by atoms with Crippen LogP contribution in [0.4, 0.5) is 0 Å². The quantitative estimate of drug-likeness (QED) is 0.866. The molecule has 1 aliphatic heterocycles. The molecular formula is C12H21ClN2O3S. The molecule has 0 saturated carbocycles. The Bertz CT molecular complexity index is 507. The van der Waals surface area contributed by atoms with Gasteiger partial charge >= 0.3 is 0 Å². The highest BCUT2D eigenvalue weighted by Gasteiger charge is 2.21. The van der Waals surface area contributed by atoms with Crippen molar-refractivity contribution >= 4 is 22.4 Å². The number of sulfonamides is 1. The van der Waals surface area contributed by atoms with E-state index in [1.165, 1.54) is 0 Å². The summed E-state index contributed by atoms with van der Waals surface area (Å²) in [5.41, 5.74) is 0. The Balaban J connectivity index is 0.00000180. The lowest BCUT2D eigenvalue weighted by atomic mass is 10.1.